The predicted molar refractivity (Wildman–Crippen MR) is 130 cm³/mol. The van der Waals surface area contributed by atoms with Crippen molar-refractivity contribution in [3.8, 4) is 0 Å². The fourth-order valence-corrected chi connectivity index (χ4v) is 4.80. The third-order valence-corrected chi connectivity index (χ3v) is 6.87. The van der Waals surface area contributed by atoms with Gasteiger partial charge >= 0.3 is 35.5 Å². The van der Waals surface area contributed by atoms with Crippen LogP contribution in [-0.4, -0.2) is 18.5 Å². The van der Waals surface area contributed by atoms with E-state index in [2.05, 4.69) is 19.1 Å². The summed E-state index contributed by atoms with van der Waals surface area (Å²) in [6.45, 7) is 2.52. The molecule has 0 N–H and O–H groups in total. The summed E-state index contributed by atoms with van der Waals surface area (Å²) < 4.78 is 5.36. The van der Waals surface area contributed by atoms with Gasteiger partial charge in [0.25, 0.3) is 0 Å². The Morgan fingerprint density at radius 1 is 0.727 bits per heavy atom. The molecule has 2 unspecified atom stereocenters. The summed E-state index contributed by atoms with van der Waals surface area (Å²) >= 11 is 0. The molecule has 0 amide bonds. The summed E-state index contributed by atoms with van der Waals surface area (Å²) in [5.74, 6) is -2.59. The van der Waals surface area contributed by atoms with Gasteiger partial charge in [-0.25, -0.2) is 0 Å². The smallest absolute Gasteiger partial charge is 0.550 e. The number of hydrogen-bond acceptors (Lipinski definition) is 4. The van der Waals surface area contributed by atoms with Gasteiger partial charge in [-0.05, 0) is 39.0 Å². The Labute approximate surface area is 226 Å². The van der Waals surface area contributed by atoms with E-state index in [1.54, 1.807) is 0 Å². The van der Waals surface area contributed by atoms with Crippen molar-refractivity contribution in [2.45, 2.75) is 135 Å². The SMILES string of the molecule is C/C=C/CCCCCCCCCCCCCCCCCOC(=O)C1CCCCC1C(=O)[O-].[Na+]. The van der Waals surface area contributed by atoms with Gasteiger partial charge < -0.3 is 14.6 Å². The number of carboxylic acids is 1. The van der Waals surface area contributed by atoms with Crippen LogP contribution in [0.1, 0.15) is 135 Å². The Morgan fingerprint density at radius 2 is 1.15 bits per heavy atom. The van der Waals surface area contributed by atoms with Gasteiger partial charge in [-0.3, -0.25) is 4.79 Å². The first kappa shape index (κ1) is 32.7. The Morgan fingerprint density at radius 3 is 1.61 bits per heavy atom. The van der Waals surface area contributed by atoms with Gasteiger partial charge in [0.2, 0.25) is 0 Å². The average molecular weight is 473 g/mol. The summed E-state index contributed by atoms with van der Waals surface area (Å²) in [6, 6.07) is 0. The fourth-order valence-electron chi connectivity index (χ4n) is 4.80. The molecule has 0 spiro atoms. The molecule has 2 atom stereocenters. The quantitative estimate of drug-likeness (QED) is 0.117. The fraction of sp³-hybridized carbons (Fsp3) is 0.857. The molecular formula is C28H49NaO4. The van der Waals surface area contributed by atoms with E-state index in [0.717, 1.165) is 25.7 Å². The molecule has 0 aromatic carbocycles. The molecule has 0 heterocycles. The first-order valence-electron chi connectivity index (χ1n) is 13.7. The van der Waals surface area contributed by atoms with E-state index in [1.165, 1.54) is 89.9 Å². The maximum atomic E-state index is 12.2. The average Bonchev–Trinajstić information content (AvgIpc) is 2.80. The van der Waals surface area contributed by atoms with Crippen LogP contribution in [0.4, 0.5) is 0 Å². The molecule has 5 heteroatoms. The number of unbranched alkanes of at least 4 members (excludes halogenated alkanes) is 15. The monoisotopic (exact) mass is 472 g/mol. The minimum Gasteiger partial charge on any atom is -0.550 e. The van der Waals surface area contributed by atoms with E-state index in [4.69, 9.17) is 4.74 Å². The maximum Gasteiger partial charge on any atom is 1.00 e. The minimum absolute atomic E-state index is 0. The van der Waals surface area contributed by atoms with Crippen LogP contribution in [0.25, 0.3) is 0 Å². The predicted octanol–water partition coefficient (Wildman–Crippen LogP) is 3.91. The summed E-state index contributed by atoms with van der Waals surface area (Å²) in [4.78, 5) is 23.4. The van der Waals surface area contributed by atoms with Crippen LogP contribution < -0.4 is 34.7 Å². The maximum absolute atomic E-state index is 12.2. The number of carboxylic acid groups (broad SMARTS) is 1. The molecule has 33 heavy (non-hydrogen) atoms. The van der Waals surface area contributed by atoms with Crippen LogP contribution in [-0.2, 0) is 14.3 Å². The second-order valence-electron chi connectivity index (χ2n) is 9.64. The van der Waals surface area contributed by atoms with Crippen molar-refractivity contribution in [3.05, 3.63) is 12.2 Å². The molecule has 1 saturated carbocycles. The van der Waals surface area contributed by atoms with Gasteiger partial charge in [-0.2, -0.15) is 0 Å². The van der Waals surface area contributed by atoms with Gasteiger partial charge in [0, 0.05) is 11.9 Å². The molecule has 0 aromatic heterocycles. The Hall–Kier alpha value is -0.320. The van der Waals surface area contributed by atoms with Crippen LogP contribution in [0.5, 0.6) is 0 Å². The zero-order valence-electron chi connectivity index (χ0n) is 21.8. The van der Waals surface area contributed by atoms with Crippen molar-refractivity contribution < 1.29 is 49.0 Å². The van der Waals surface area contributed by atoms with E-state index in [1.807, 2.05) is 0 Å². The third-order valence-electron chi connectivity index (χ3n) is 6.87. The van der Waals surface area contributed by atoms with Crippen LogP contribution in [0, 0.1) is 11.8 Å². The summed E-state index contributed by atoms with van der Waals surface area (Å²) in [6.07, 6.45) is 28.1. The second-order valence-corrected chi connectivity index (χ2v) is 9.64. The first-order valence-corrected chi connectivity index (χ1v) is 13.7. The van der Waals surface area contributed by atoms with Gasteiger partial charge in [0.15, 0.2) is 0 Å². The molecule has 1 rings (SSSR count). The number of ether oxygens (including phenoxy) is 1. The van der Waals surface area contributed by atoms with E-state index < -0.39 is 17.8 Å². The molecule has 0 aliphatic heterocycles. The molecule has 1 aliphatic carbocycles. The summed E-state index contributed by atoms with van der Waals surface area (Å²) in [5.41, 5.74) is 0. The van der Waals surface area contributed by atoms with Crippen molar-refractivity contribution in [2.75, 3.05) is 6.61 Å². The third kappa shape index (κ3) is 17.7. The van der Waals surface area contributed by atoms with Crippen LogP contribution in [0.2, 0.25) is 0 Å². The number of allylic oxidation sites excluding steroid dienone is 2. The van der Waals surface area contributed by atoms with Crippen LogP contribution >= 0.6 is 0 Å². The molecule has 0 radical (unpaired) electrons. The minimum atomic E-state index is -1.10. The largest absolute Gasteiger partial charge is 1.00 e. The Kier molecular flexibility index (Phi) is 23.2. The number of aliphatic carboxylic acids is 1. The zero-order valence-corrected chi connectivity index (χ0v) is 23.8. The molecule has 0 saturated heterocycles. The van der Waals surface area contributed by atoms with Crippen molar-refractivity contribution in [3.63, 3.8) is 0 Å². The summed E-state index contributed by atoms with van der Waals surface area (Å²) in [5, 5.41) is 11.2. The number of carbonyl (C=O) groups is 2. The first-order chi connectivity index (χ1) is 15.7. The zero-order chi connectivity index (χ0) is 23.3. The normalized spacial score (nSPS) is 18.2. The Bertz CT molecular complexity index is 506. The second kappa shape index (κ2) is 23.4. The molecule has 186 valence electrons. The van der Waals surface area contributed by atoms with Crippen LogP contribution in [0.15, 0.2) is 12.2 Å². The van der Waals surface area contributed by atoms with Gasteiger partial charge in [0.05, 0.1) is 12.5 Å². The molecule has 0 bridgehead atoms. The number of hydrogen-bond donors (Lipinski definition) is 0. The van der Waals surface area contributed by atoms with Crippen molar-refractivity contribution in [1.82, 2.24) is 0 Å². The van der Waals surface area contributed by atoms with Gasteiger partial charge in [-0.15, -0.1) is 0 Å². The van der Waals surface area contributed by atoms with E-state index in [-0.39, 0.29) is 35.5 Å². The Balaban J connectivity index is 0.0000102. The van der Waals surface area contributed by atoms with E-state index in [0.29, 0.717) is 19.4 Å². The van der Waals surface area contributed by atoms with E-state index in [9.17, 15) is 14.7 Å². The molecular weight excluding hydrogens is 423 g/mol. The molecule has 1 aliphatic rings. The van der Waals surface area contributed by atoms with Gasteiger partial charge in [-0.1, -0.05) is 108 Å². The van der Waals surface area contributed by atoms with Crippen molar-refractivity contribution in [2.24, 2.45) is 11.8 Å². The van der Waals surface area contributed by atoms with Crippen molar-refractivity contribution >= 4 is 11.9 Å². The topological polar surface area (TPSA) is 66.4 Å². The molecule has 0 aromatic rings. The van der Waals surface area contributed by atoms with E-state index >= 15 is 0 Å². The van der Waals surface area contributed by atoms with Crippen LogP contribution in [0.3, 0.4) is 0 Å². The molecule has 1 fully saturated rings. The number of esters is 1. The van der Waals surface area contributed by atoms with Crippen molar-refractivity contribution in [1.29, 1.82) is 0 Å². The standard InChI is InChI=1S/C28H50O4.Na/c1-2-3-4-5-6-7-8-9-10-11-12-13-14-15-16-17-18-21-24-32-28(31)26-23-20-19-22-25(26)27(29)30;/h2-3,25-26H,4-24H2,1H3,(H,29,30);/q;+1/p-1/b3-2+;. The molecule has 4 nitrogen and oxygen atoms in total. The van der Waals surface area contributed by atoms with Gasteiger partial charge in [0.1, 0.15) is 0 Å². The number of carbonyl (C=O) groups excluding carboxylic acids is 2. The number of rotatable bonds is 20. The summed E-state index contributed by atoms with van der Waals surface area (Å²) in [7, 11) is 0.